The summed E-state index contributed by atoms with van der Waals surface area (Å²) in [6.07, 6.45) is -2.63. The first kappa shape index (κ1) is 11.1. The topological polar surface area (TPSA) is 48.1 Å². The van der Waals surface area contributed by atoms with Crippen LogP contribution < -0.4 is 10.5 Å². The molecular formula is C8H9ClF2N2O. The van der Waals surface area contributed by atoms with Gasteiger partial charge in [0, 0.05) is 12.1 Å². The Hall–Kier alpha value is -0.940. The zero-order chi connectivity index (χ0) is 10.7. The number of halogens is 3. The molecule has 1 rings (SSSR count). The molecule has 0 fully saturated rings. The standard InChI is InChI=1S/C8H9ClF2N2O/c1-14-6-2-4(8(10)11)5(3-12)13-7(6)9/h2,8H,3,12H2,1H3. The third kappa shape index (κ3) is 2.10. The Balaban J connectivity index is 3.25. The van der Waals surface area contributed by atoms with E-state index >= 15 is 0 Å². The number of hydrogen-bond acceptors (Lipinski definition) is 3. The highest BCUT2D eigenvalue weighted by Gasteiger charge is 2.17. The number of aromatic nitrogens is 1. The molecule has 0 radical (unpaired) electrons. The molecule has 0 aliphatic rings. The van der Waals surface area contributed by atoms with Crippen molar-refractivity contribution in [3.63, 3.8) is 0 Å². The number of hydrogen-bond donors (Lipinski definition) is 1. The van der Waals surface area contributed by atoms with Gasteiger partial charge < -0.3 is 10.5 Å². The Bertz CT molecular complexity index is 333. The highest BCUT2D eigenvalue weighted by molar-refractivity contribution is 6.30. The van der Waals surface area contributed by atoms with Crippen molar-refractivity contribution < 1.29 is 13.5 Å². The van der Waals surface area contributed by atoms with Crippen molar-refractivity contribution in [1.29, 1.82) is 0 Å². The lowest BCUT2D eigenvalue weighted by Crippen LogP contribution is -2.06. The molecule has 1 aromatic rings. The number of alkyl halides is 2. The van der Waals surface area contributed by atoms with Crippen LogP contribution >= 0.6 is 11.6 Å². The van der Waals surface area contributed by atoms with E-state index in [9.17, 15) is 8.78 Å². The van der Waals surface area contributed by atoms with Gasteiger partial charge in [0.15, 0.2) is 10.9 Å². The van der Waals surface area contributed by atoms with Crippen LogP contribution in [0.5, 0.6) is 5.75 Å². The number of ether oxygens (including phenoxy) is 1. The molecule has 2 N–H and O–H groups in total. The van der Waals surface area contributed by atoms with Gasteiger partial charge in [0.25, 0.3) is 6.43 Å². The summed E-state index contributed by atoms with van der Waals surface area (Å²) < 4.78 is 29.7. The second kappa shape index (κ2) is 4.52. The molecule has 0 amide bonds. The summed E-state index contributed by atoms with van der Waals surface area (Å²) >= 11 is 5.65. The van der Waals surface area contributed by atoms with Crippen molar-refractivity contribution >= 4 is 11.6 Å². The molecule has 1 aromatic heterocycles. The van der Waals surface area contributed by atoms with Crippen LogP contribution in [0.25, 0.3) is 0 Å². The van der Waals surface area contributed by atoms with Gasteiger partial charge in [-0.15, -0.1) is 0 Å². The minimum atomic E-state index is -2.63. The third-order valence-corrected chi connectivity index (χ3v) is 1.98. The van der Waals surface area contributed by atoms with Gasteiger partial charge in [0.1, 0.15) is 0 Å². The lowest BCUT2D eigenvalue weighted by molar-refractivity contribution is 0.149. The maximum Gasteiger partial charge on any atom is 0.265 e. The molecule has 6 heteroatoms. The van der Waals surface area contributed by atoms with E-state index in [4.69, 9.17) is 22.1 Å². The van der Waals surface area contributed by atoms with E-state index in [0.717, 1.165) is 6.07 Å². The summed E-state index contributed by atoms with van der Waals surface area (Å²) in [6, 6.07) is 1.15. The molecule has 0 atom stereocenters. The van der Waals surface area contributed by atoms with Gasteiger partial charge in [-0.05, 0) is 6.07 Å². The summed E-state index contributed by atoms with van der Waals surface area (Å²) in [5.41, 5.74) is 5.10. The minimum absolute atomic E-state index is 0.0392. The van der Waals surface area contributed by atoms with Gasteiger partial charge in [-0.1, -0.05) is 11.6 Å². The van der Waals surface area contributed by atoms with E-state index in [1.54, 1.807) is 0 Å². The first-order valence-electron chi connectivity index (χ1n) is 3.81. The van der Waals surface area contributed by atoms with E-state index in [1.807, 2.05) is 0 Å². The molecule has 0 aromatic carbocycles. The molecule has 0 unspecified atom stereocenters. The van der Waals surface area contributed by atoms with Crippen molar-refractivity contribution in [3.8, 4) is 5.75 Å². The van der Waals surface area contributed by atoms with Crippen LogP contribution in [0.1, 0.15) is 17.7 Å². The minimum Gasteiger partial charge on any atom is -0.494 e. The smallest absolute Gasteiger partial charge is 0.265 e. The van der Waals surface area contributed by atoms with Crippen LogP contribution in [0.2, 0.25) is 5.15 Å². The van der Waals surface area contributed by atoms with Gasteiger partial charge in [0.2, 0.25) is 0 Å². The normalized spacial score (nSPS) is 10.7. The van der Waals surface area contributed by atoms with E-state index in [0.29, 0.717) is 0 Å². The quantitative estimate of drug-likeness (QED) is 0.798. The summed E-state index contributed by atoms with van der Waals surface area (Å²) in [5.74, 6) is 0.124. The molecule has 1 heterocycles. The Kier molecular flexibility index (Phi) is 3.60. The van der Waals surface area contributed by atoms with Crippen LogP contribution in [0.4, 0.5) is 8.78 Å². The molecule has 0 aliphatic heterocycles. The number of nitrogens with two attached hydrogens (primary N) is 1. The molecule has 0 spiro atoms. The molecule has 0 saturated heterocycles. The summed E-state index contributed by atoms with van der Waals surface area (Å²) in [4.78, 5) is 3.72. The highest BCUT2D eigenvalue weighted by Crippen LogP contribution is 2.30. The molecule has 3 nitrogen and oxygen atoms in total. The lowest BCUT2D eigenvalue weighted by atomic mass is 10.2. The van der Waals surface area contributed by atoms with E-state index in [1.165, 1.54) is 7.11 Å². The van der Waals surface area contributed by atoms with E-state index < -0.39 is 6.43 Å². The van der Waals surface area contributed by atoms with Gasteiger partial charge in [-0.25, -0.2) is 13.8 Å². The number of pyridine rings is 1. The largest absolute Gasteiger partial charge is 0.494 e. The van der Waals surface area contributed by atoms with Crippen LogP contribution in [0.15, 0.2) is 6.07 Å². The molecule has 78 valence electrons. The van der Waals surface area contributed by atoms with Crippen LogP contribution in [0, 0.1) is 0 Å². The molecule has 0 aliphatic carbocycles. The second-order valence-corrected chi connectivity index (χ2v) is 2.88. The molecule has 0 saturated carbocycles. The highest BCUT2D eigenvalue weighted by atomic mass is 35.5. The molecule has 0 bridgehead atoms. The Labute approximate surface area is 84.8 Å². The maximum atomic E-state index is 12.5. The predicted octanol–water partition coefficient (Wildman–Crippen LogP) is 2.14. The van der Waals surface area contributed by atoms with Crippen molar-refractivity contribution in [3.05, 3.63) is 22.5 Å². The summed E-state index contributed by atoms with van der Waals surface area (Å²) in [7, 11) is 1.33. The van der Waals surface area contributed by atoms with Gasteiger partial charge >= 0.3 is 0 Å². The van der Waals surface area contributed by atoms with Crippen LogP contribution in [-0.4, -0.2) is 12.1 Å². The SMILES string of the molecule is COc1cc(C(F)F)c(CN)nc1Cl. The fourth-order valence-corrected chi connectivity index (χ4v) is 1.25. The average Bonchev–Trinajstić information content (AvgIpc) is 2.16. The van der Waals surface area contributed by atoms with Gasteiger partial charge in [0.05, 0.1) is 12.8 Å². The summed E-state index contributed by atoms with van der Waals surface area (Å²) in [5, 5.41) is 0.0392. The average molecular weight is 223 g/mol. The summed E-state index contributed by atoms with van der Waals surface area (Å²) in [6.45, 7) is -0.0800. The first-order chi connectivity index (χ1) is 6.60. The van der Waals surface area contributed by atoms with E-state index in [2.05, 4.69) is 4.98 Å². The van der Waals surface area contributed by atoms with Crippen molar-refractivity contribution in [2.24, 2.45) is 5.73 Å². The van der Waals surface area contributed by atoms with Gasteiger partial charge in [-0.3, -0.25) is 0 Å². The second-order valence-electron chi connectivity index (χ2n) is 2.52. The Morgan fingerprint density at radius 3 is 2.71 bits per heavy atom. The van der Waals surface area contributed by atoms with Crippen molar-refractivity contribution in [2.75, 3.05) is 7.11 Å². The number of methoxy groups -OCH3 is 1. The zero-order valence-electron chi connectivity index (χ0n) is 7.43. The lowest BCUT2D eigenvalue weighted by Gasteiger charge is -2.09. The predicted molar refractivity (Wildman–Crippen MR) is 48.6 cm³/mol. The fraction of sp³-hybridized carbons (Fsp3) is 0.375. The first-order valence-corrected chi connectivity index (χ1v) is 4.19. The number of nitrogens with zero attached hydrogens (tertiary/aromatic N) is 1. The van der Waals surface area contributed by atoms with Crippen LogP contribution in [0.3, 0.4) is 0 Å². The number of rotatable bonds is 3. The molecular weight excluding hydrogens is 214 g/mol. The van der Waals surface area contributed by atoms with Crippen molar-refractivity contribution in [2.45, 2.75) is 13.0 Å². The van der Waals surface area contributed by atoms with E-state index in [-0.39, 0.29) is 28.7 Å². The fourth-order valence-electron chi connectivity index (χ4n) is 1.02. The Morgan fingerprint density at radius 2 is 2.29 bits per heavy atom. The molecule has 14 heavy (non-hydrogen) atoms. The van der Waals surface area contributed by atoms with Crippen LogP contribution in [-0.2, 0) is 6.54 Å². The van der Waals surface area contributed by atoms with Crippen molar-refractivity contribution in [1.82, 2.24) is 4.98 Å². The Morgan fingerprint density at radius 1 is 1.64 bits per heavy atom. The zero-order valence-corrected chi connectivity index (χ0v) is 8.18. The van der Waals surface area contributed by atoms with Gasteiger partial charge in [-0.2, -0.15) is 0 Å². The monoisotopic (exact) mass is 222 g/mol. The third-order valence-electron chi connectivity index (χ3n) is 1.70. The maximum absolute atomic E-state index is 12.5.